The van der Waals surface area contributed by atoms with Gasteiger partial charge in [0.15, 0.2) is 5.82 Å². The van der Waals surface area contributed by atoms with Crippen LogP contribution in [-0.4, -0.2) is 41.2 Å². The van der Waals surface area contributed by atoms with Crippen molar-refractivity contribution in [2.45, 2.75) is 0 Å². The third-order valence-electron chi connectivity index (χ3n) is 4.21. The molecule has 0 amide bonds. The first-order valence-corrected chi connectivity index (χ1v) is 8.07. The molecule has 0 unspecified atom stereocenters. The van der Waals surface area contributed by atoms with Gasteiger partial charge in [0.1, 0.15) is 5.82 Å². The van der Waals surface area contributed by atoms with Crippen LogP contribution in [0.5, 0.6) is 0 Å². The molecule has 7 nitrogen and oxygen atoms in total. The number of non-ortho nitro benzene ring substituents is 1. The third-order valence-corrected chi connectivity index (χ3v) is 4.21. The first kappa shape index (κ1) is 15.5. The van der Waals surface area contributed by atoms with E-state index in [9.17, 15) is 10.1 Å². The van der Waals surface area contributed by atoms with Gasteiger partial charge in [0, 0.05) is 36.2 Å². The second kappa shape index (κ2) is 6.45. The summed E-state index contributed by atoms with van der Waals surface area (Å²) in [6.07, 6.45) is 0. The van der Waals surface area contributed by atoms with E-state index in [-0.39, 0.29) is 5.69 Å². The lowest BCUT2D eigenvalue weighted by Crippen LogP contribution is -2.37. The highest BCUT2D eigenvalue weighted by atomic mass is 16.6. The number of hydrogen-bond acceptors (Lipinski definition) is 6. The van der Waals surface area contributed by atoms with Crippen LogP contribution in [0.4, 0.5) is 11.5 Å². The lowest BCUT2D eigenvalue weighted by Gasteiger charge is -2.29. The molecule has 2 heterocycles. The van der Waals surface area contributed by atoms with Crippen molar-refractivity contribution in [1.82, 2.24) is 9.97 Å². The number of anilines is 1. The Morgan fingerprint density at radius 2 is 1.84 bits per heavy atom. The SMILES string of the molecule is O=[N+]([O-])c1cccc(-c2nc(N3CCOCC3)c3ccccc3n2)c1. The van der Waals surface area contributed by atoms with Crippen molar-refractivity contribution in [2.24, 2.45) is 0 Å². The molecule has 0 saturated carbocycles. The normalized spacial score (nSPS) is 14.6. The molecule has 1 aliphatic heterocycles. The van der Waals surface area contributed by atoms with Crippen LogP contribution in [0.3, 0.4) is 0 Å². The van der Waals surface area contributed by atoms with Gasteiger partial charge in [-0.3, -0.25) is 10.1 Å². The molecule has 2 aromatic carbocycles. The molecular formula is C18H16N4O3. The van der Waals surface area contributed by atoms with Crippen molar-refractivity contribution >= 4 is 22.4 Å². The Balaban J connectivity index is 1.87. The smallest absolute Gasteiger partial charge is 0.270 e. The number of aromatic nitrogens is 2. The Morgan fingerprint density at radius 1 is 1.04 bits per heavy atom. The Hall–Kier alpha value is -3.06. The van der Waals surface area contributed by atoms with E-state index in [1.165, 1.54) is 12.1 Å². The molecule has 25 heavy (non-hydrogen) atoms. The van der Waals surface area contributed by atoms with Gasteiger partial charge in [-0.25, -0.2) is 9.97 Å². The fourth-order valence-electron chi connectivity index (χ4n) is 2.96. The molecule has 1 fully saturated rings. The minimum Gasteiger partial charge on any atom is -0.378 e. The van der Waals surface area contributed by atoms with Gasteiger partial charge in [-0.15, -0.1) is 0 Å². The molecule has 0 radical (unpaired) electrons. The number of benzene rings is 2. The zero-order valence-corrected chi connectivity index (χ0v) is 13.5. The molecule has 7 heteroatoms. The van der Waals surface area contributed by atoms with Crippen molar-refractivity contribution in [2.75, 3.05) is 31.2 Å². The summed E-state index contributed by atoms with van der Waals surface area (Å²) in [5.41, 5.74) is 1.48. The van der Waals surface area contributed by atoms with Crippen molar-refractivity contribution in [1.29, 1.82) is 0 Å². The number of nitro groups is 1. The number of nitrogens with zero attached hydrogens (tertiary/aromatic N) is 4. The van der Waals surface area contributed by atoms with E-state index in [2.05, 4.69) is 9.88 Å². The van der Waals surface area contributed by atoms with Gasteiger partial charge >= 0.3 is 0 Å². The quantitative estimate of drug-likeness (QED) is 0.540. The summed E-state index contributed by atoms with van der Waals surface area (Å²) in [5, 5.41) is 12.0. The second-order valence-electron chi connectivity index (χ2n) is 5.79. The third kappa shape index (κ3) is 3.01. The summed E-state index contributed by atoms with van der Waals surface area (Å²) in [6.45, 7) is 2.83. The predicted molar refractivity (Wildman–Crippen MR) is 94.7 cm³/mol. The molecule has 0 spiro atoms. The zero-order chi connectivity index (χ0) is 17.2. The Morgan fingerprint density at radius 3 is 2.64 bits per heavy atom. The molecule has 0 N–H and O–H groups in total. The average Bonchev–Trinajstić information content (AvgIpc) is 2.68. The fraction of sp³-hybridized carbons (Fsp3) is 0.222. The van der Waals surface area contributed by atoms with Gasteiger partial charge < -0.3 is 9.64 Å². The van der Waals surface area contributed by atoms with Gasteiger partial charge in [-0.2, -0.15) is 0 Å². The molecule has 0 bridgehead atoms. The standard InChI is InChI=1S/C18H16N4O3/c23-22(24)14-5-3-4-13(12-14)17-19-16-7-2-1-6-15(16)18(20-17)21-8-10-25-11-9-21/h1-7,12H,8-11H2. The van der Waals surface area contributed by atoms with Gasteiger partial charge in [0.2, 0.25) is 0 Å². The molecule has 1 aliphatic rings. The highest BCUT2D eigenvalue weighted by Gasteiger charge is 2.18. The first-order chi connectivity index (χ1) is 12.2. The first-order valence-electron chi connectivity index (χ1n) is 8.07. The summed E-state index contributed by atoms with van der Waals surface area (Å²) >= 11 is 0. The number of morpholine rings is 1. The number of para-hydroxylation sites is 1. The van der Waals surface area contributed by atoms with E-state index >= 15 is 0 Å². The number of fused-ring (bicyclic) bond motifs is 1. The van der Waals surface area contributed by atoms with Crippen LogP contribution in [0.25, 0.3) is 22.3 Å². The second-order valence-corrected chi connectivity index (χ2v) is 5.79. The van der Waals surface area contributed by atoms with E-state index in [1.807, 2.05) is 24.3 Å². The summed E-state index contributed by atoms with van der Waals surface area (Å²) in [6, 6.07) is 14.2. The molecule has 1 saturated heterocycles. The number of ether oxygens (including phenoxy) is 1. The Kier molecular flexibility index (Phi) is 3.99. The number of rotatable bonds is 3. The maximum absolute atomic E-state index is 11.1. The molecule has 1 aromatic heterocycles. The Labute approximate surface area is 144 Å². The maximum atomic E-state index is 11.1. The number of hydrogen-bond donors (Lipinski definition) is 0. The van der Waals surface area contributed by atoms with E-state index < -0.39 is 4.92 Å². The van der Waals surface area contributed by atoms with Crippen LogP contribution in [0.1, 0.15) is 0 Å². The highest BCUT2D eigenvalue weighted by Crippen LogP contribution is 2.29. The maximum Gasteiger partial charge on any atom is 0.270 e. The van der Waals surface area contributed by atoms with Crippen LogP contribution in [-0.2, 0) is 4.74 Å². The molecular weight excluding hydrogens is 320 g/mol. The van der Waals surface area contributed by atoms with E-state index in [0.29, 0.717) is 24.6 Å². The van der Waals surface area contributed by atoms with Crippen molar-refractivity contribution < 1.29 is 9.66 Å². The van der Waals surface area contributed by atoms with Crippen LogP contribution in [0, 0.1) is 10.1 Å². The predicted octanol–water partition coefficient (Wildman–Crippen LogP) is 3.04. The molecule has 4 rings (SSSR count). The van der Waals surface area contributed by atoms with Gasteiger partial charge in [0.25, 0.3) is 5.69 Å². The van der Waals surface area contributed by atoms with Gasteiger partial charge in [-0.1, -0.05) is 24.3 Å². The minimum atomic E-state index is -0.409. The average molecular weight is 336 g/mol. The Bertz CT molecular complexity index is 939. The lowest BCUT2D eigenvalue weighted by molar-refractivity contribution is -0.384. The van der Waals surface area contributed by atoms with Crippen LogP contribution in [0.2, 0.25) is 0 Å². The van der Waals surface area contributed by atoms with Crippen LogP contribution in [0.15, 0.2) is 48.5 Å². The lowest BCUT2D eigenvalue weighted by atomic mass is 10.1. The number of nitro benzene ring substituents is 1. The van der Waals surface area contributed by atoms with Crippen molar-refractivity contribution in [3.63, 3.8) is 0 Å². The molecule has 0 atom stereocenters. The fourth-order valence-corrected chi connectivity index (χ4v) is 2.96. The molecule has 3 aromatic rings. The van der Waals surface area contributed by atoms with Crippen LogP contribution < -0.4 is 4.90 Å². The van der Waals surface area contributed by atoms with Crippen molar-refractivity contribution in [3.05, 3.63) is 58.6 Å². The monoisotopic (exact) mass is 336 g/mol. The summed E-state index contributed by atoms with van der Waals surface area (Å²) in [5.74, 6) is 1.33. The van der Waals surface area contributed by atoms with E-state index in [4.69, 9.17) is 9.72 Å². The minimum absolute atomic E-state index is 0.0298. The van der Waals surface area contributed by atoms with Crippen LogP contribution >= 0.6 is 0 Å². The van der Waals surface area contributed by atoms with Gasteiger partial charge in [0.05, 0.1) is 23.7 Å². The highest BCUT2D eigenvalue weighted by molar-refractivity contribution is 5.91. The molecule has 126 valence electrons. The van der Waals surface area contributed by atoms with Crippen molar-refractivity contribution in [3.8, 4) is 11.4 Å². The largest absolute Gasteiger partial charge is 0.378 e. The van der Waals surface area contributed by atoms with Gasteiger partial charge in [-0.05, 0) is 12.1 Å². The summed E-state index contributed by atoms with van der Waals surface area (Å²) in [7, 11) is 0. The molecule has 0 aliphatic carbocycles. The topological polar surface area (TPSA) is 81.4 Å². The van der Waals surface area contributed by atoms with E-state index in [1.54, 1.807) is 12.1 Å². The van der Waals surface area contributed by atoms with E-state index in [0.717, 1.165) is 29.8 Å². The summed E-state index contributed by atoms with van der Waals surface area (Å²) in [4.78, 5) is 22.2. The summed E-state index contributed by atoms with van der Waals surface area (Å²) < 4.78 is 5.43. The zero-order valence-electron chi connectivity index (χ0n) is 13.5.